The lowest BCUT2D eigenvalue weighted by Gasteiger charge is -2.11. The van der Waals surface area contributed by atoms with Crippen molar-refractivity contribution in [3.05, 3.63) is 89.6 Å². The number of hydrogen-bond donors (Lipinski definition) is 2. The number of ether oxygens (including phenoxy) is 3. The molecule has 0 fully saturated rings. The van der Waals surface area contributed by atoms with Gasteiger partial charge in [-0.15, -0.1) is 0 Å². The summed E-state index contributed by atoms with van der Waals surface area (Å²) in [4.78, 5) is 11.6. The van der Waals surface area contributed by atoms with Crippen molar-refractivity contribution in [1.29, 1.82) is 0 Å². The monoisotopic (exact) mass is 430 g/mol. The van der Waals surface area contributed by atoms with E-state index in [2.05, 4.69) is 10.2 Å². The van der Waals surface area contributed by atoms with Crippen LogP contribution in [0.5, 0.6) is 23.0 Å². The van der Waals surface area contributed by atoms with Gasteiger partial charge in [0, 0.05) is 11.6 Å². The summed E-state index contributed by atoms with van der Waals surface area (Å²) in [7, 11) is 1.33. The minimum absolute atomic E-state index is 0.0292. The zero-order valence-electron chi connectivity index (χ0n) is 17.7. The molecule has 0 saturated heterocycles. The molecule has 0 atom stereocenters. The Balaban J connectivity index is 1.48. The van der Waals surface area contributed by atoms with Crippen LogP contribution in [0.2, 0.25) is 0 Å². The van der Waals surface area contributed by atoms with Gasteiger partial charge in [0.05, 0.1) is 18.9 Å². The highest BCUT2D eigenvalue weighted by molar-refractivity contribution is 5.89. The molecular weight excluding hydrogens is 408 g/mol. The zero-order valence-corrected chi connectivity index (χ0v) is 17.7. The van der Waals surface area contributed by atoms with E-state index in [1.807, 2.05) is 31.2 Å². The first-order valence-electron chi connectivity index (χ1n) is 9.95. The second kappa shape index (κ2) is 9.26. The van der Waals surface area contributed by atoms with Crippen LogP contribution in [0.25, 0.3) is 11.3 Å². The molecule has 7 heteroatoms. The number of aromatic amines is 1. The molecule has 1 heterocycles. The van der Waals surface area contributed by atoms with Crippen LogP contribution in [0.1, 0.15) is 21.5 Å². The van der Waals surface area contributed by atoms with Crippen LogP contribution in [0.15, 0.2) is 72.9 Å². The molecule has 2 N–H and O–H groups in total. The summed E-state index contributed by atoms with van der Waals surface area (Å²) in [5.74, 6) is 1.10. The predicted molar refractivity (Wildman–Crippen MR) is 119 cm³/mol. The Labute approximate surface area is 185 Å². The molecule has 0 aliphatic heterocycles. The van der Waals surface area contributed by atoms with E-state index < -0.39 is 5.97 Å². The fourth-order valence-corrected chi connectivity index (χ4v) is 3.11. The molecule has 3 aromatic carbocycles. The molecule has 32 heavy (non-hydrogen) atoms. The molecule has 1 aromatic heterocycles. The van der Waals surface area contributed by atoms with E-state index in [4.69, 9.17) is 14.2 Å². The lowest BCUT2D eigenvalue weighted by molar-refractivity contribution is 0.0600. The Hall–Kier alpha value is -4.26. The van der Waals surface area contributed by atoms with Crippen LogP contribution < -0.4 is 9.47 Å². The van der Waals surface area contributed by atoms with Gasteiger partial charge in [0.15, 0.2) is 5.75 Å². The van der Waals surface area contributed by atoms with E-state index in [9.17, 15) is 9.90 Å². The van der Waals surface area contributed by atoms with E-state index in [1.165, 1.54) is 18.9 Å². The molecule has 0 unspecified atom stereocenters. The summed E-state index contributed by atoms with van der Waals surface area (Å²) in [5, 5.41) is 17.5. The summed E-state index contributed by atoms with van der Waals surface area (Å²) in [5.41, 5.74) is 3.69. The topological polar surface area (TPSA) is 93.7 Å². The van der Waals surface area contributed by atoms with Crippen molar-refractivity contribution in [3.8, 4) is 34.3 Å². The maximum atomic E-state index is 11.6. The molecule has 0 bridgehead atoms. The lowest BCUT2D eigenvalue weighted by atomic mass is 10.1. The third kappa shape index (κ3) is 4.73. The van der Waals surface area contributed by atoms with Gasteiger partial charge >= 0.3 is 5.97 Å². The highest BCUT2D eigenvalue weighted by Crippen LogP contribution is 2.38. The number of carbonyl (C=O) groups is 1. The fourth-order valence-electron chi connectivity index (χ4n) is 3.11. The largest absolute Gasteiger partial charge is 0.507 e. The maximum absolute atomic E-state index is 11.6. The second-order valence-electron chi connectivity index (χ2n) is 7.18. The van der Waals surface area contributed by atoms with Gasteiger partial charge < -0.3 is 19.3 Å². The smallest absolute Gasteiger partial charge is 0.337 e. The van der Waals surface area contributed by atoms with Gasteiger partial charge in [-0.2, -0.15) is 5.10 Å². The highest BCUT2D eigenvalue weighted by Gasteiger charge is 2.15. The number of aromatic hydroxyl groups is 1. The van der Waals surface area contributed by atoms with Crippen molar-refractivity contribution in [3.63, 3.8) is 0 Å². The minimum atomic E-state index is -0.421. The van der Waals surface area contributed by atoms with Gasteiger partial charge in [-0.3, -0.25) is 5.10 Å². The number of H-pyrrole nitrogens is 1. The quantitative estimate of drug-likeness (QED) is 0.389. The number of methoxy groups -OCH3 is 1. The van der Waals surface area contributed by atoms with Gasteiger partial charge in [-0.1, -0.05) is 29.8 Å². The zero-order chi connectivity index (χ0) is 22.5. The van der Waals surface area contributed by atoms with Crippen LogP contribution in [-0.2, 0) is 11.3 Å². The Morgan fingerprint density at radius 2 is 1.72 bits per heavy atom. The third-order valence-corrected chi connectivity index (χ3v) is 4.87. The van der Waals surface area contributed by atoms with Gasteiger partial charge in [0.25, 0.3) is 0 Å². The molecule has 0 amide bonds. The number of nitrogens with one attached hydrogen (secondary N) is 1. The third-order valence-electron chi connectivity index (χ3n) is 4.87. The van der Waals surface area contributed by atoms with Crippen LogP contribution in [0, 0.1) is 6.92 Å². The van der Waals surface area contributed by atoms with Crippen molar-refractivity contribution < 1.29 is 24.1 Å². The van der Waals surface area contributed by atoms with E-state index >= 15 is 0 Å². The second-order valence-corrected chi connectivity index (χ2v) is 7.18. The van der Waals surface area contributed by atoms with Crippen molar-refractivity contribution in [2.24, 2.45) is 0 Å². The average molecular weight is 430 g/mol. The number of carbonyl (C=O) groups excluding carboxylic acids is 1. The van der Waals surface area contributed by atoms with Crippen LogP contribution in [0.4, 0.5) is 0 Å². The first-order valence-corrected chi connectivity index (χ1v) is 9.95. The molecule has 4 aromatic rings. The van der Waals surface area contributed by atoms with Crippen molar-refractivity contribution in [2.75, 3.05) is 7.11 Å². The van der Waals surface area contributed by atoms with E-state index in [1.54, 1.807) is 42.5 Å². The lowest BCUT2D eigenvalue weighted by Crippen LogP contribution is -2.00. The first-order chi connectivity index (χ1) is 15.5. The summed E-state index contributed by atoms with van der Waals surface area (Å²) in [6.07, 6.45) is 1.52. The highest BCUT2D eigenvalue weighted by atomic mass is 16.5. The van der Waals surface area contributed by atoms with Gasteiger partial charge in [-0.25, -0.2) is 4.79 Å². The van der Waals surface area contributed by atoms with Gasteiger partial charge in [0.2, 0.25) is 0 Å². The predicted octanol–water partition coefficient (Wildman–Crippen LogP) is 5.25. The first kappa shape index (κ1) is 21.0. The van der Waals surface area contributed by atoms with E-state index in [0.29, 0.717) is 40.7 Å². The molecule has 4 rings (SSSR count). The summed E-state index contributed by atoms with van der Waals surface area (Å²) >= 11 is 0. The Kier molecular flexibility index (Phi) is 6.07. The molecule has 162 valence electrons. The molecule has 0 saturated carbocycles. The molecule has 0 aliphatic carbocycles. The Bertz CT molecular complexity index is 1210. The molecule has 0 spiro atoms. The van der Waals surface area contributed by atoms with Crippen molar-refractivity contribution >= 4 is 5.97 Å². The van der Waals surface area contributed by atoms with Crippen molar-refractivity contribution in [1.82, 2.24) is 10.2 Å². The maximum Gasteiger partial charge on any atom is 0.337 e. The molecule has 0 aliphatic rings. The number of hydrogen-bond acceptors (Lipinski definition) is 6. The Morgan fingerprint density at radius 1 is 1.00 bits per heavy atom. The standard InChI is InChI=1S/C25H22N2O5/c1-16-3-5-17(6-4-16)15-31-20-11-12-21(22(28)13-20)24-23(14-26-27-24)32-19-9-7-18(8-10-19)25(29)30-2/h3-14,28H,15H2,1-2H3,(H,26,27). The molecular formula is C25H22N2O5. The normalized spacial score (nSPS) is 10.6. The van der Waals surface area contributed by atoms with E-state index in [-0.39, 0.29) is 5.75 Å². The van der Waals surface area contributed by atoms with Crippen LogP contribution in [-0.4, -0.2) is 28.4 Å². The van der Waals surface area contributed by atoms with Crippen molar-refractivity contribution in [2.45, 2.75) is 13.5 Å². The molecule has 7 nitrogen and oxygen atoms in total. The summed E-state index contributed by atoms with van der Waals surface area (Å²) in [6, 6.07) is 19.7. The van der Waals surface area contributed by atoms with Crippen LogP contribution >= 0.6 is 0 Å². The number of esters is 1. The number of benzene rings is 3. The van der Waals surface area contributed by atoms with Gasteiger partial charge in [-0.05, 0) is 48.9 Å². The number of phenols is 1. The van der Waals surface area contributed by atoms with Gasteiger partial charge in [0.1, 0.15) is 29.5 Å². The summed E-state index contributed by atoms with van der Waals surface area (Å²) in [6.45, 7) is 2.44. The molecule has 0 radical (unpaired) electrons. The fraction of sp³-hybridized carbons (Fsp3) is 0.120. The number of nitrogens with zero attached hydrogens (tertiary/aromatic N) is 1. The minimum Gasteiger partial charge on any atom is -0.507 e. The SMILES string of the molecule is COC(=O)c1ccc(Oc2cn[nH]c2-c2ccc(OCc3ccc(C)cc3)cc2O)cc1. The number of aromatic nitrogens is 2. The average Bonchev–Trinajstić information content (AvgIpc) is 3.26. The number of rotatable bonds is 7. The van der Waals surface area contributed by atoms with E-state index in [0.717, 1.165) is 5.56 Å². The number of aryl methyl sites for hydroxylation is 1. The van der Waals surface area contributed by atoms with Crippen LogP contribution in [0.3, 0.4) is 0 Å². The summed E-state index contributed by atoms with van der Waals surface area (Å²) < 4.78 is 16.4. The number of phenolic OH excluding ortho intramolecular Hbond substituents is 1. The Morgan fingerprint density at radius 3 is 2.41 bits per heavy atom.